The normalized spacial score (nSPS) is 27.1. The monoisotopic (exact) mass is 472 g/mol. The average Bonchev–Trinajstić information content (AvgIpc) is 2.96. The maximum Gasteiger partial charge on any atom is 0.325 e. The van der Waals surface area contributed by atoms with Crippen LogP contribution in [0.4, 0.5) is 9.18 Å². The highest BCUT2D eigenvalue weighted by atomic mass is 19.1. The number of amides is 5. The fraction of sp³-hybridized carbons (Fsp3) is 0.600. The summed E-state index contributed by atoms with van der Waals surface area (Å²) in [6.45, 7) is 6.88. The van der Waals surface area contributed by atoms with Crippen LogP contribution in [0.5, 0.6) is 0 Å². The molecule has 184 valence electrons. The lowest BCUT2D eigenvalue weighted by Crippen LogP contribution is -2.54. The summed E-state index contributed by atoms with van der Waals surface area (Å²) in [6.07, 6.45) is 3.27. The maximum atomic E-state index is 13.3. The molecule has 0 aromatic heterocycles. The molecule has 1 aliphatic carbocycles. The Morgan fingerprint density at radius 1 is 1.12 bits per heavy atom. The van der Waals surface area contributed by atoms with Crippen molar-refractivity contribution in [2.24, 2.45) is 11.3 Å². The molecule has 2 N–H and O–H groups in total. The molecule has 2 saturated heterocycles. The van der Waals surface area contributed by atoms with Crippen LogP contribution in [0.2, 0.25) is 0 Å². The molecule has 3 aliphatic rings. The highest BCUT2D eigenvalue weighted by Crippen LogP contribution is 2.46. The Morgan fingerprint density at radius 3 is 2.38 bits per heavy atom. The smallest absolute Gasteiger partial charge is 0.325 e. The van der Waals surface area contributed by atoms with Crippen LogP contribution in [0.15, 0.2) is 24.3 Å². The third kappa shape index (κ3) is 4.93. The van der Waals surface area contributed by atoms with E-state index in [9.17, 15) is 23.6 Å². The van der Waals surface area contributed by atoms with E-state index in [-0.39, 0.29) is 35.7 Å². The Labute approximate surface area is 199 Å². The summed E-state index contributed by atoms with van der Waals surface area (Å²) >= 11 is 0. The van der Waals surface area contributed by atoms with E-state index in [4.69, 9.17) is 0 Å². The summed E-state index contributed by atoms with van der Waals surface area (Å²) < 4.78 is 13.1. The van der Waals surface area contributed by atoms with Crippen LogP contribution in [-0.4, -0.2) is 64.8 Å². The van der Waals surface area contributed by atoms with Crippen LogP contribution < -0.4 is 10.6 Å². The molecule has 2 aliphatic heterocycles. The van der Waals surface area contributed by atoms with E-state index in [0.29, 0.717) is 50.3 Å². The van der Waals surface area contributed by atoms with Gasteiger partial charge in [-0.2, -0.15) is 0 Å². The van der Waals surface area contributed by atoms with Crippen molar-refractivity contribution >= 4 is 23.8 Å². The van der Waals surface area contributed by atoms with Gasteiger partial charge in [0.1, 0.15) is 17.9 Å². The average molecular weight is 473 g/mol. The SMILES string of the molecule is CC1CC(C)(C)CC2(C1)NC(=O)N(CC(=O)N1CCC(NC(=O)c3ccc(F)cc3)CC1)C2=O. The molecule has 8 nitrogen and oxygen atoms in total. The molecule has 0 bridgehead atoms. The molecule has 1 spiro atoms. The molecule has 2 unspecified atom stereocenters. The van der Waals surface area contributed by atoms with Crippen molar-refractivity contribution in [1.82, 2.24) is 20.4 Å². The van der Waals surface area contributed by atoms with Gasteiger partial charge in [-0.1, -0.05) is 20.8 Å². The van der Waals surface area contributed by atoms with Crippen molar-refractivity contribution in [3.63, 3.8) is 0 Å². The van der Waals surface area contributed by atoms with Gasteiger partial charge in [-0.25, -0.2) is 9.18 Å². The first-order valence-electron chi connectivity index (χ1n) is 12.0. The minimum Gasteiger partial charge on any atom is -0.349 e. The third-order valence-corrected chi connectivity index (χ3v) is 7.21. The first-order valence-corrected chi connectivity index (χ1v) is 12.0. The zero-order valence-electron chi connectivity index (χ0n) is 20.0. The van der Waals surface area contributed by atoms with Crippen molar-refractivity contribution in [2.45, 2.75) is 64.5 Å². The van der Waals surface area contributed by atoms with E-state index in [1.165, 1.54) is 24.3 Å². The molecule has 4 rings (SSSR count). The minimum atomic E-state index is -0.920. The van der Waals surface area contributed by atoms with E-state index >= 15 is 0 Å². The number of nitrogens with one attached hydrogen (secondary N) is 2. The van der Waals surface area contributed by atoms with Gasteiger partial charge in [0.05, 0.1) is 0 Å². The van der Waals surface area contributed by atoms with Crippen LogP contribution in [0.25, 0.3) is 0 Å². The fourth-order valence-corrected chi connectivity index (χ4v) is 6.03. The lowest BCUT2D eigenvalue weighted by Gasteiger charge is -2.43. The van der Waals surface area contributed by atoms with Crippen molar-refractivity contribution in [2.75, 3.05) is 19.6 Å². The van der Waals surface area contributed by atoms with Gasteiger partial charge in [-0.05, 0) is 67.7 Å². The van der Waals surface area contributed by atoms with Crippen LogP contribution >= 0.6 is 0 Å². The van der Waals surface area contributed by atoms with E-state index in [1.807, 2.05) is 0 Å². The number of carbonyl (C=O) groups excluding carboxylic acids is 4. The molecule has 1 aromatic carbocycles. The quantitative estimate of drug-likeness (QED) is 0.659. The second kappa shape index (κ2) is 9.00. The second-order valence-electron chi connectivity index (χ2n) is 10.9. The molecule has 2 atom stereocenters. The van der Waals surface area contributed by atoms with Gasteiger partial charge in [0.25, 0.3) is 11.8 Å². The molecular weight excluding hydrogens is 439 g/mol. The van der Waals surface area contributed by atoms with Gasteiger partial charge in [0.15, 0.2) is 0 Å². The highest BCUT2D eigenvalue weighted by Gasteiger charge is 2.56. The largest absolute Gasteiger partial charge is 0.349 e. The number of piperidine rings is 1. The Kier molecular flexibility index (Phi) is 6.40. The number of imide groups is 1. The number of likely N-dealkylation sites (tertiary alicyclic amines) is 1. The number of carbonyl (C=O) groups is 4. The molecule has 9 heteroatoms. The standard InChI is InChI=1S/C25H33FN4O4/c1-16-12-24(2,3)15-25(13-16)22(33)30(23(34)28-25)14-20(31)29-10-8-19(9-11-29)27-21(32)17-4-6-18(26)7-5-17/h4-7,16,19H,8-15H2,1-3H3,(H,27,32)(H,28,34). The molecule has 2 heterocycles. The molecule has 0 radical (unpaired) electrons. The number of hydrogen-bond acceptors (Lipinski definition) is 4. The van der Waals surface area contributed by atoms with E-state index in [1.54, 1.807) is 4.90 Å². The number of nitrogens with zero attached hydrogens (tertiary/aromatic N) is 2. The Bertz CT molecular complexity index is 987. The van der Waals surface area contributed by atoms with Gasteiger partial charge in [-0.3, -0.25) is 19.3 Å². The Morgan fingerprint density at radius 2 is 1.76 bits per heavy atom. The maximum absolute atomic E-state index is 13.3. The van der Waals surface area contributed by atoms with Gasteiger partial charge in [0, 0.05) is 24.7 Å². The highest BCUT2D eigenvalue weighted by molar-refractivity contribution is 6.09. The molecule has 5 amide bonds. The first-order chi connectivity index (χ1) is 16.0. The summed E-state index contributed by atoms with van der Waals surface area (Å²) in [5, 5.41) is 5.83. The van der Waals surface area contributed by atoms with Crippen molar-refractivity contribution < 1.29 is 23.6 Å². The number of hydrogen-bond donors (Lipinski definition) is 2. The lowest BCUT2D eigenvalue weighted by molar-refractivity contribution is -0.141. The molecule has 34 heavy (non-hydrogen) atoms. The minimum absolute atomic E-state index is 0.0686. The zero-order chi connectivity index (χ0) is 24.7. The summed E-state index contributed by atoms with van der Waals surface area (Å²) in [5.74, 6) is -0.952. The summed E-state index contributed by atoms with van der Waals surface area (Å²) in [5.41, 5.74) is -0.607. The molecule has 3 fully saturated rings. The predicted octanol–water partition coefficient (Wildman–Crippen LogP) is 2.68. The van der Waals surface area contributed by atoms with Gasteiger partial charge in [-0.15, -0.1) is 0 Å². The lowest BCUT2D eigenvalue weighted by atomic mass is 9.64. The fourth-order valence-electron chi connectivity index (χ4n) is 6.03. The van der Waals surface area contributed by atoms with Gasteiger partial charge < -0.3 is 15.5 Å². The second-order valence-corrected chi connectivity index (χ2v) is 10.9. The van der Waals surface area contributed by atoms with Crippen molar-refractivity contribution in [1.29, 1.82) is 0 Å². The molecule has 1 saturated carbocycles. The van der Waals surface area contributed by atoms with Crippen LogP contribution in [-0.2, 0) is 9.59 Å². The third-order valence-electron chi connectivity index (χ3n) is 7.21. The zero-order valence-corrected chi connectivity index (χ0v) is 20.0. The first kappa shape index (κ1) is 24.2. The van der Waals surface area contributed by atoms with Crippen LogP contribution in [0.1, 0.15) is 63.2 Å². The van der Waals surface area contributed by atoms with Gasteiger partial charge >= 0.3 is 6.03 Å². The van der Waals surface area contributed by atoms with E-state index in [2.05, 4.69) is 31.4 Å². The van der Waals surface area contributed by atoms with E-state index in [0.717, 1.165) is 11.3 Å². The topological polar surface area (TPSA) is 98.8 Å². The molecule has 1 aromatic rings. The summed E-state index contributed by atoms with van der Waals surface area (Å²) in [7, 11) is 0. The van der Waals surface area contributed by atoms with Crippen LogP contribution in [0.3, 0.4) is 0 Å². The number of benzene rings is 1. The molecular formula is C25H33FN4O4. The summed E-state index contributed by atoms with van der Waals surface area (Å²) in [6, 6.07) is 4.75. The van der Waals surface area contributed by atoms with Crippen molar-refractivity contribution in [3.05, 3.63) is 35.6 Å². The Balaban J connectivity index is 1.31. The van der Waals surface area contributed by atoms with Crippen molar-refractivity contribution in [3.8, 4) is 0 Å². The van der Waals surface area contributed by atoms with Gasteiger partial charge in [0.2, 0.25) is 5.91 Å². The predicted molar refractivity (Wildman–Crippen MR) is 123 cm³/mol. The number of rotatable bonds is 4. The summed E-state index contributed by atoms with van der Waals surface area (Å²) in [4.78, 5) is 53.9. The van der Waals surface area contributed by atoms with Crippen LogP contribution in [0, 0.1) is 17.2 Å². The van der Waals surface area contributed by atoms with E-state index < -0.39 is 17.4 Å². The number of urea groups is 1. The Hall–Kier alpha value is -2.97. The number of halogens is 1.